The Bertz CT molecular complexity index is 516. The van der Waals surface area contributed by atoms with Crippen molar-refractivity contribution in [3.8, 4) is 0 Å². The molecule has 0 saturated carbocycles. The number of ether oxygens (including phenoxy) is 1. The Morgan fingerprint density at radius 1 is 1.04 bits per heavy atom. The van der Waals surface area contributed by atoms with Gasteiger partial charge >= 0.3 is 0 Å². The number of carbonyl (C=O) groups is 1. The zero-order valence-electron chi connectivity index (χ0n) is 15.6. The summed E-state index contributed by atoms with van der Waals surface area (Å²) in [5.41, 5.74) is 0.797. The van der Waals surface area contributed by atoms with Gasteiger partial charge < -0.3 is 20.7 Å². The topological polar surface area (TPSA) is 74.8 Å². The molecule has 6 nitrogen and oxygen atoms in total. The van der Waals surface area contributed by atoms with Gasteiger partial charge in [0, 0.05) is 32.1 Å². The number of hydrogen-bond donors (Lipinski definition) is 3. The van der Waals surface area contributed by atoms with Gasteiger partial charge in [0.15, 0.2) is 5.96 Å². The summed E-state index contributed by atoms with van der Waals surface area (Å²) in [6, 6.07) is 10.1. The Morgan fingerprint density at radius 3 is 2.24 bits per heavy atom. The second kappa shape index (κ2) is 12.9. The number of rotatable bonds is 8. The second-order valence-corrected chi connectivity index (χ2v) is 6.47. The molecule has 1 aromatic carbocycles. The van der Waals surface area contributed by atoms with Gasteiger partial charge in [-0.2, -0.15) is 0 Å². The fourth-order valence-electron chi connectivity index (χ4n) is 1.85. The van der Waals surface area contributed by atoms with Gasteiger partial charge in [-0.1, -0.05) is 51.1 Å². The van der Waals surface area contributed by atoms with Crippen LogP contribution in [0.2, 0.25) is 0 Å². The van der Waals surface area contributed by atoms with E-state index in [-0.39, 0.29) is 35.3 Å². The van der Waals surface area contributed by atoms with E-state index in [4.69, 9.17) is 4.74 Å². The van der Waals surface area contributed by atoms with Crippen LogP contribution in [0.3, 0.4) is 0 Å². The third kappa shape index (κ3) is 11.0. The van der Waals surface area contributed by atoms with Gasteiger partial charge in [0.2, 0.25) is 5.91 Å². The van der Waals surface area contributed by atoms with E-state index in [1.54, 1.807) is 7.05 Å². The molecule has 0 unspecified atom stereocenters. The lowest BCUT2D eigenvalue weighted by Gasteiger charge is -2.18. The third-order valence-corrected chi connectivity index (χ3v) is 3.26. The molecule has 0 radical (unpaired) electrons. The number of carbonyl (C=O) groups excluding carboxylic acids is 1. The van der Waals surface area contributed by atoms with Crippen LogP contribution in [0.25, 0.3) is 0 Å². The van der Waals surface area contributed by atoms with Crippen LogP contribution in [0.15, 0.2) is 35.3 Å². The van der Waals surface area contributed by atoms with Crippen molar-refractivity contribution in [1.82, 2.24) is 16.0 Å². The summed E-state index contributed by atoms with van der Waals surface area (Å²) in [4.78, 5) is 15.9. The summed E-state index contributed by atoms with van der Waals surface area (Å²) in [7, 11) is 1.72. The molecule has 0 fully saturated rings. The van der Waals surface area contributed by atoms with Crippen molar-refractivity contribution in [2.24, 2.45) is 10.4 Å². The van der Waals surface area contributed by atoms with Crippen molar-refractivity contribution in [3.63, 3.8) is 0 Å². The van der Waals surface area contributed by atoms with Crippen LogP contribution in [0, 0.1) is 5.41 Å². The van der Waals surface area contributed by atoms with Crippen LogP contribution in [0.5, 0.6) is 0 Å². The van der Waals surface area contributed by atoms with Crippen LogP contribution in [-0.4, -0.2) is 45.2 Å². The molecule has 0 aliphatic carbocycles. The van der Waals surface area contributed by atoms with Gasteiger partial charge in [0.05, 0.1) is 13.2 Å². The predicted molar refractivity (Wildman–Crippen MR) is 113 cm³/mol. The molecule has 0 heterocycles. The van der Waals surface area contributed by atoms with Gasteiger partial charge in [0.1, 0.15) is 0 Å². The normalized spacial score (nSPS) is 11.4. The SMILES string of the molecule is CN=C(NCCNC(=O)C(C)(C)C)NCCOCc1ccccc1.I. The Morgan fingerprint density at radius 2 is 1.64 bits per heavy atom. The Balaban J connectivity index is 0.00000576. The molecule has 25 heavy (non-hydrogen) atoms. The molecule has 1 aromatic rings. The minimum absolute atomic E-state index is 0. The maximum absolute atomic E-state index is 11.7. The molecule has 3 N–H and O–H groups in total. The first-order valence-electron chi connectivity index (χ1n) is 8.28. The molecular formula is C18H31IN4O2. The summed E-state index contributed by atoms with van der Waals surface area (Å²) in [5.74, 6) is 0.741. The molecule has 0 bridgehead atoms. The van der Waals surface area contributed by atoms with E-state index >= 15 is 0 Å². The minimum Gasteiger partial charge on any atom is -0.375 e. The standard InChI is InChI=1S/C18H30N4O2.HI/c1-18(2,3)16(23)20-10-11-21-17(19-4)22-12-13-24-14-15-8-6-5-7-9-15;/h5-9H,10-14H2,1-4H3,(H,20,23)(H2,19,21,22);1H. The zero-order chi connectivity index (χ0) is 17.8. The number of nitrogens with one attached hydrogen (secondary N) is 3. The first-order valence-corrected chi connectivity index (χ1v) is 8.28. The predicted octanol–water partition coefficient (Wildman–Crippen LogP) is 2.15. The van der Waals surface area contributed by atoms with Crippen molar-refractivity contribution in [2.75, 3.05) is 33.3 Å². The fraction of sp³-hybridized carbons (Fsp3) is 0.556. The van der Waals surface area contributed by atoms with E-state index in [1.807, 2.05) is 51.1 Å². The van der Waals surface area contributed by atoms with E-state index in [0.717, 1.165) is 5.56 Å². The van der Waals surface area contributed by atoms with Crippen LogP contribution < -0.4 is 16.0 Å². The summed E-state index contributed by atoms with van der Waals surface area (Å²) in [5, 5.41) is 9.22. The van der Waals surface area contributed by atoms with Crippen LogP contribution in [-0.2, 0) is 16.1 Å². The third-order valence-electron chi connectivity index (χ3n) is 3.26. The van der Waals surface area contributed by atoms with Crippen molar-refractivity contribution >= 4 is 35.8 Å². The molecular weight excluding hydrogens is 431 g/mol. The number of aliphatic imine (C=N–C) groups is 1. The highest BCUT2D eigenvalue weighted by atomic mass is 127. The average Bonchev–Trinajstić information content (AvgIpc) is 2.56. The van der Waals surface area contributed by atoms with Crippen molar-refractivity contribution in [3.05, 3.63) is 35.9 Å². The van der Waals surface area contributed by atoms with E-state index in [1.165, 1.54) is 0 Å². The molecule has 0 aromatic heterocycles. The second-order valence-electron chi connectivity index (χ2n) is 6.47. The number of benzene rings is 1. The number of nitrogens with zero attached hydrogens (tertiary/aromatic N) is 1. The molecule has 0 saturated heterocycles. The lowest BCUT2D eigenvalue weighted by molar-refractivity contribution is -0.128. The van der Waals surface area contributed by atoms with Crippen LogP contribution in [0.1, 0.15) is 26.3 Å². The molecule has 7 heteroatoms. The first kappa shape index (κ1) is 23.6. The van der Waals surface area contributed by atoms with Crippen molar-refractivity contribution in [1.29, 1.82) is 0 Å². The lowest BCUT2D eigenvalue weighted by Crippen LogP contribution is -2.44. The van der Waals surface area contributed by atoms with Crippen LogP contribution >= 0.6 is 24.0 Å². The molecule has 1 rings (SSSR count). The van der Waals surface area contributed by atoms with E-state index in [9.17, 15) is 4.79 Å². The Kier molecular flexibility index (Phi) is 12.2. The highest BCUT2D eigenvalue weighted by Crippen LogP contribution is 2.11. The maximum Gasteiger partial charge on any atom is 0.225 e. The highest BCUT2D eigenvalue weighted by Gasteiger charge is 2.20. The molecule has 0 spiro atoms. The number of amides is 1. The maximum atomic E-state index is 11.7. The molecule has 1 amide bonds. The Labute approximate surface area is 168 Å². The number of hydrogen-bond acceptors (Lipinski definition) is 3. The number of halogens is 1. The monoisotopic (exact) mass is 462 g/mol. The average molecular weight is 462 g/mol. The zero-order valence-corrected chi connectivity index (χ0v) is 17.9. The van der Waals surface area contributed by atoms with Gasteiger partial charge in [0.25, 0.3) is 0 Å². The molecule has 0 atom stereocenters. The number of guanidine groups is 1. The van der Waals surface area contributed by atoms with Gasteiger partial charge in [-0.3, -0.25) is 9.79 Å². The van der Waals surface area contributed by atoms with Crippen molar-refractivity contribution in [2.45, 2.75) is 27.4 Å². The highest BCUT2D eigenvalue weighted by molar-refractivity contribution is 14.0. The fourth-order valence-corrected chi connectivity index (χ4v) is 1.85. The molecule has 142 valence electrons. The smallest absolute Gasteiger partial charge is 0.225 e. The van der Waals surface area contributed by atoms with Crippen molar-refractivity contribution < 1.29 is 9.53 Å². The van der Waals surface area contributed by atoms with E-state index in [0.29, 0.717) is 38.8 Å². The summed E-state index contributed by atoms with van der Waals surface area (Å²) >= 11 is 0. The van der Waals surface area contributed by atoms with E-state index < -0.39 is 0 Å². The molecule has 0 aliphatic rings. The van der Waals surface area contributed by atoms with Crippen LogP contribution in [0.4, 0.5) is 0 Å². The summed E-state index contributed by atoms with van der Waals surface area (Å²) in [6.07, 6.45) is 0. The van der Waals surface area contributed by atoms with Gasteiger partial charge in [-0.25, -0.2) is 0 Å². The van der Waals surface area contributed by atoms with Gasteiger partial charge in [-0.05, 0) is 5.56 Å². The Hall–Kier alpha value is -1.35. The minimum atomic E-state index is -0.365. The summed E-state index contributed by atoms with van der Waals surface area (Å²) in [6.45, 7) is 8.72. The molecule has 0 aliphatic heterocycles. The first-order chi connectivity index (χ1) is 11.4. The van der Waals surface area contributed by atoms with Gasteiger partial charge in [-0.15, -0.1) is 24.0 Å². The largest absolute Gasteiger partial charge is 0.375 e. The quantitative estimate of drug-likeness (QED) is 0.240. The van der Waals surface area contributed by atoms with E-state index in [2.05, 4.69) is 20.9 Å². The lowest BCUT2D eigenvalue weighted by atomic mass is 9.96. The summed E-state index contributed by atoms with van der Waals surface area (Å²) < 4.78 is 5.61.